The molecular formula is C20H19ClN4O3. The van der Waals surface area contributed by atoms with Crippen molar-refractivity contribution in [3.8, 4) is 5.69 Å². The molecule has 0 unspecified atom stereocenters. The van der Waals surface area contributed by atoms with Gasteiger partial charge in [-0.05, 0) is 51.1 Å². The largest absolute Gasteiger partial charge is 0.448 e. The lowest BCUT2D eigenvalue weighted by Gasteiger charge is -2.13. The number of nitrogens with zero attached hydrogens (tertiary/aromatic N) is 3. The van der Waals surface area contributed by atoms with Crippen LogP contribution in [0.15, 0.2) is 48.5 Å². The second-order valence-corrected chi connectivity index (χ2v) is 6.74. The van der Waals surface area contributed by atoms with Crippen LogP contribution in [-0.4, -0.2) is 33.0 Å². The molecule has 0 spiro atoms. The Morgan fingerprint density at radius 3 is 2.50 bits per heavy atom. The van der Waals surface area contributed by atoms with E-state index >= 15 is 0 Å². The molecule has 0 aliphatic carbocycles. The van der Waals surface area contributed by atoms with E-state index in [2.05, 4.69) is 15.5 Å². The molecule has 0 saturated heterocycles. The minimum absolute atomic E-state index is 0.0370. The van der Waals surface area contributed by atoms with E-state index in [1.165, 1.54) is 11.7 Å². The Morgan fingerprint density at radius 1 is 1.11 bits per heavy atom. The van der Waals surface area contributed by atoms with Crippen LogP contribution in [0.4, 0.5) is 5.69 Å². The van der Waals surface area contributed by atoms with E-state index in [9.17, 15) is 9.59 Å². The monoisotopic (exact) mass is 398 g/mol. The van der Waals surface area contributed by atoms with Gasteiger partial charge < -0.3 is 10.1 Å². The van der Waals surface area contributed by atoms with Gasteiger partial charge in [0.1, 0.15) is 0 Å². The van der Waals surface area contributed by atoms with Gasteiger partial charge in [0.05, 0.1) is 11.4 Å². The molecule has 28 heavy (non-hydrogen) atoms. The van der Waals surface area contributed by atoms with E-state index in [4.69, 9.17) is 16.3 Å². The number of carbonyl (C=O) groups excluding carboxylic acids is 2. The Bertz CT molecular complexity index is 1010. The van der Waals surface area contributed by atoms with Gasteiger partial charge in [0.15, 0.2) is 11.8 Å². The lowest BCUT2D eigenvalue weighted by atomic mass is 10.2. The Labute approximate surface area is 167 Å². The van der Waals surface area contributed by atoms with E-state index in [0.29, 0.717) is 22.1 Å². The molecule has 1 N–H and O–H groups in total. The highest BCUT2D eigenvalue weighted by atomic mass is 35.5. The number of benzene rings is 2. The summed E-state index contributed by atoms with van der Waals surface area (Å²) in [5.41, 5.74) is 2.74. The first kappa shape index (κ1) is 19.6. The molecule has 0 fully saturated rings. The third-order valence-corrected chi connectivity index (χ3v) is 4.22. The predicted octanol–water partition coefficient (Wildman–Crippen LogP) is 3.72. The first-order valence-electron chi connectivity index (χ1n) is 8.62. The molecule has 0 radical (unpaired) electrons. The van der Waals surface area contributed by atoms with Crippen molar-refractivity contribution in [2.75, 3.05) is 5.32 Å². The van der Waals surface area contributed by atoms with Gasteiger partial charge in [-0.1, -0.05) is 35.4 Å². The summed E-state index contributed by atoms with van der Waals surface area (Å²) in [7, 11) is 0. The summed E-state index contributed by atoms with van der Waals surface area (Å²) < 4.78 is 5.26. The molecule has 1 atom stereocenters. The number of amides is 1. The van der Waals surface area contributed by atoms with Crippen LogP contribution in [0.25, 0.3) is 5.69 Å². The fourth-order valence-corrected chi connectivity index (χ4v) is 2.62. The fourth-order valence-electron chi connectivity index (χ4n) is 2.43. The molecule has 1 amide bonds. The van der Waals surface area contributed by atoms with E-state index < -0.39 is 18.0 Å². The van der Waals surface area contributed by atoms with Crippen LogP contribution in [0.5, 0.6) is 0 Å². The summed E-state index contributed by atoms with van der Waals surface area (Å²) in [5, 5.41) is 11.6. The number of hydrogen-bond donors (Lipinski definition) is 1. The second kappa shape index (κ2) is 8.22. The molecule has 7 nitrogen and oxygen atoms in total. The van der Waals surface area contributed by atoms with Gasteiger partial charge in [0.25, 0.3) is 5.91 Å². The zero-order valence-electron chi connectivity index (χ0n) is 15.6. The summed E-state index contributed by atoms with van der Waals surface area (Å²) in [6, 6.07) is 14.2. The number of aryl methyl sites for hydroxylation is 2. The first-order valence-corrected chi connectivity index (χ1v) is 8.99. The maximum absolute atomic E-state index is 12.4. The summed E-state index contributed by atoms with van der Waals surface area (Å²) in [4.78, 5) is 26.0. The molecule has 8 heteroatoms. The molecule has 1 aromatic heterocycles. The van der Waals surface area contributed by atoms with Crippen molar-refractivity contribution in [2.45, 2.75) is 26.9 Å². The van der Waals surface area contributed by atoms with E-state index in [1.807, 2.05) is 19.1 Å². The zero-order chi connectivity index (χ0) is 20.3. The minimum Gasteiger partial charge on any atom is -0.448 e. The summed E-state index contributed by atoms with van der Waals surface area (Å²) in [6.07, 6.45) is -0.996. The number of esters is 1. The van der Waals surface area contributed by atoms with Crippen LogP contribution in [-0.2, 0) is 9.53 Å². The van der Waals surface area contributed by atoms with Crippen molar-refractivity contribution in [3.05, 3.63) is 70.5 Å². The van der Waals surface area contributed by atoms with Gasteiger partial charge in [-0.15, -0.1) is 5.10 Å². The Hall–Kier alpha value is -3.19. The molecule has 0 aliphatic heterocycles. The highest BCUT2D eigenvalue weighted by molar-refractivity contribution is 6.30. The van der Waals surface area contributed by atoms with Gasteiger partial charge in [0.2, 0.25) is 0 Å². The lowest BCUT2D eigenvalue weighted by Crippen LogP contribution is -2.30. The molecule has 3 rings (SSSR count). The number of nitrogens with one attached hydrogen (secondary N) is 1. The standard InChI is InChI=1S/C20H19ClN4O3/c1-12-7-9-16(10-8-12)22-19(26)14(3)28-20(27)18-13(2)23-25(24-18)17-6-4-5-15(21)11-17/h4-11,14H,1-3H3,(H,22,26)/t14-/m0/s1. The van der Waals surface area contributed by atoms with Crippen molar-refractivity contribution in [2.24, 2.45) is 0 Å². The number of rotatable bonds is 5. The van der Waals surface area contributed by atoms with Crippen LogP contribution >= 0.6 is 11.6 Å². The third-order valence-electron chi connectivity index (χ3n) is 3.99. The molecule has 0 bridgehead atoms. The minimum atomic E-state index is -0.996. The quantitative estimate of drug-likeness (QED) is 0.662. The molecule has 0 aliphatic rings. The van der Waals surface area contributed by atoms with Crippen LogP contribution in [0.2, 0.25) is 5.02 Å². The van der Waals surface area contributed by atoms with Crippen molar-refractivity contribution in [1.29, 1.82) is 0 Å². The van der Waals surface area contributed by atoms with Crippen molar-refractivity contribution >= 4 is 29.2 Å². The topological polar surface area (TPSA) is 86.1 Å². The van der Waals surface area contributed by atoms with Gasteiger partial charge >= 0.3 is 5.97 Å². The Balaban J connectivity index is 1.68. The smallest absolute Gasteiger partial charge is 0.361 e. The highest BCUT2D eigenvalue weighted by Crippen LogP contribution is 2.15. The molecular weight excluding hydrogens is 380 g/mol. The summed E-state index contributed by atoms with van der Waals surface area (Å²) in [5.74, 6) is -1.16. The van der Waals surface area contributed by atoms with Crippen LogP contribution in [0.3, 0.4) is 0 Å². The van der Waals surface area contributed by atoms with Gasteiger partial charge in [-0.3, -0.25) is 4.79 Å². The Morgan fingerprint density at radius 2 is 1.82 bits per heavy atom. The molecule has 144 valence electrons. The molecule has 2 aromatic carbocycles. The molecule has 3 aromatic rings. The van der Waals surface area contributed by atoms with Crippen molar-refractivity contribution in [3.63, 3.8) is 0 Å². The summed E-state index contributed by atoms with van der Waals surface area (Å²) >= 11 is 5.98. The van der Waals surface area contributed by atoms with Gasteiger partial charge in [-0.2, -0.15) is 9.90 Å². The SMILES string of the molecule is Cc1ccc(NC(=O)[C@H](C)OC(=O)c2nn(-c3cccc(Cl)c3)nc2C)cc1. The van der Waals surface area contributed by atoms with Crippen LogP contribution in [0, 0.1) is 13.8 Å². The average molecular weight is 399 g/mol. The maximum Gasteiger partial charge on any atom is 0.361 e. The molecule has 1 heterocycles. The normalized spacial score (nSPS) is 11.7. The van der Waals surface area contributed by atoms with Crippen molar-refractivity contribution in [1.82, 2.24) is 15.0 Å². The number of ether oxygens (including phenoxy) is 1. The number of halogens is 1. The second-order valence-electron chi connectivity index (χ2n) is 6.31. The zero-order valence-corrected chi connectivity index (χ0v) is 16.4. The van der Waals surface area contributed by atoms with Gasteiger partial charge in [-0.25, -0.2) is 4.79 Å². The fraction of sp³-hybridized carbons (Fsp3) is 0.200. The van der Waals surface area contributed by atoms with E-state index in [1.54, 1.807) is 43.3 Å². The van der Waals surface area contributed by atoms with Gasteiger partial charge in [0, 0.05) is 10.7 Å². The Kier molecular flexibility index (Phi) is 5.75. The van der Waals surface area contributed by atoms with Crippen LogP contribution in [0.1, 0.15) is 28.7 Å². The first-order chi connectivity index (χ1) is 13.3. The number of anilines is 1. The number of aromatic nitrogens is 3. The van der Waals surface area contributed by atoms with E-state index in [-0.39, 0.29) is 5.69 Å². The predicted molar refractivity (Wildman–Crippen MR) is 106 cm³/mol. The van der Waals surface area contributed by atoms with Crippen molar-refractivity contribution < 1.29 is 14.3 Å². The highest BCUT2D eigenvalue weighted by Gasteiger charge is 2.23. The van der Waals surface area contributed by atoms with Crippen LogP contribution < -0.4 is 5.32 Å². The maximum atomic E-state index is 12.4. The van der Waals surface area contributed by atoms with E-state index in [0.717, 1.165) is 5.56 Å². The average Bonchev–Trinajstić information content (AvgIpc) is 3.05. The number of carbonyl (C=O) groups is 2. The third kappa shape index (κ3) is 4.55. The molecule has 0 saturated carbocycles. The summed E-state index contributed by atoms with van der Waals surface area (Å²) in [6.45, 7) is 5.09. The number of hydrogen-bond acceptors (Lipinski definition) is 5. The lowest BCUT2D eigenvalue weighted by molar-refractivity contribution is -0.123.